The van der Waals surface area contributed by atoms with Crippen LogP contribution in [-0.4, -0.2) is 6.29 Å². The highest BCUT2D eigenvalue weighted by molar-refractivity contribution is 5.88. The number of rotatable bonds is 14. The number of hydrogen-bond donors (Lipinski definition) is 0. The molecule has 0 atom stereocenters. The highest BCUT2D eigenvalue weighted by atomic mass is 16.1. The van der Waals surface area contributed by atoms with Gasteiger partial charge >= 0.3 is 0 Å². The van der Waals surface area contributed by atoms with Gasteiger partial charge in [-0.15, -0.1) is 0 Å². The van der Waals surface area contributed by atoms with Crippen LogP contribution in [0.3, 0.4) is 0 Å². The van der Waals surface area contributed by atoms with Crippen LogP contribution in [0.5, 0.6) is 0 Å². The summed E-state index contributed by atoms with van der Waals surface area (Å²) in [5.41, 5.74) is 4.85. The molecule has 1 aromatic carbocycles. The predicted molar refractivity (Wildman–Crippen MR) is 111 cm³/mol. The standard InChI is InChI=1S/C24H38O/c1-4-6-8-10-12-14-23(20-25)24(15-13-11-9-7-5-2)22-18-16-21(3)17-19-22/h16-20H,4-15H2,1-3H3/b24-23-. The van der Waals surface area contributed by atoms with E-state index < -0.39 is 0 Å². The van der Waals surface area contributed by atoms with Crippen LogP contribution in [-0.2, 0) is 4.79 Å². The number of benzene rings is 1. The molecule has 1 aromatic rings. The second-order valence-corrected chi connectivity index (χ2v) is 7.32. The Morgan fingerprint density at radius 2 is 1.28 bits per heavy atom. The van der Waals surface area contributed by atoms with Crippen molar-refractivity contribution >= 4 is 11.9 Å². The fourth-order valence-electron chi connectivity index (χ4n) is 3.35. The fraction of sp³-hybridized carbons (Fsp3) is 0.625. The van der Waals surface area contributed by atoms with Crippen LogP contribution in [0.25, 0.3) is 5.57 Å². The Kier molecular flexibility index (Phi) is 12.0. The van der Waals surface area contributed by atoms with Crippen molar-refractivity contribution in [3.05, 3.63) is 41.0 Å². The lowest BCUT2D eigenvalue weighted by Crippen LogP contribution is -1.96. The third kappa shape index (κ3) is 9.05. The van der Waals surface area contributed by atoms with Crippen LogP contribution in [0, 0.1) is 6.92 Å². The maximum atomic E-state index is 11.8. The third-order valence-corrected chi connectivity index (χ3v) is 5.01. The summed E-state index contributed by atoms with van der Waals surface area (Å²) < 4.78 is 0. The lowest BCUT2D eigenvalue weighted by atomic mass is 9.91. The molecule has 0 saturated carbocycles. The monoisotopic (exact) mass is 342 g/mol. The molecule has 0 aliphatic heterocycles. The van der Waals surface area contributed by atoms with E-state index in [0.29, 0.717) is 0 Å². The van der Waals surface area contributed by atoms with Gasteiger partial charge in [0.2, 0.25) is 0 Å². The van der Waals surface area contributed by atoms with Gasteiger partial charge in [-0.3, -0.25) is 4.79 Å². The van der Waals surface area contributed by atoms with Crippen molar-refractivity contribution in [2.24, 2.45) is 0 Å². The summed E-state index contributed by atoms with van der Waals surface area (Å²) in [7, 11) is 0. The van der Waals surface area contributed by atoms with Crippen LogP contribution >= 0.6 is 0 Å². The summed E-state index contributed by atoms with van der Waals surface area (Å²) in [5, 5.41) is 0. The largest absolute Gasteiger partial charge is 0.298 e. The number of hydrogen-bond acceptors (Lipinski definition) is 1. The van der Waals surface area contributed by atoms with Crippen molar-refractivity contribution in [3.8, 4) is 0 Å². The van der Waals surface area contributed by atoms with E-state index in [2.05, 4.69) is 45.0 Å². The maximum Gasteiger partial charge on any atom is 0.146 e. The molecule has 0 amide bonds. The SMILES string of the molecule is CCCCCCC/C(C=O)=C(\CCCCCCC)c1ccc(C)cc1. The van der Waals surface area contributed by atoms with Crippen molar-refractivity contribution in [3.63, 3.8) is 0 Å². The van der Waals surface area contributed by atoms with E-state index in [-0.39, 0.29) is 0 Å². The van der Waals surface area contributed by atoms with Crippen molar-refractivity contribution < 1.29 is 4.79 Å². The molecule has 0 aromatic heterocycles. The van der Waals surface area contributed by atoms with E-state index in [4.69, 9.17) is 0 Å². The summed E-state index contributed by atoms with van der Waals surface area (Å²) in [6.07, 6.45) is 15.7. The number of aryl methyl sites for hydroxylation is 1. The van der Waals surface area contributed by atoms with Gasteiger partial charge in [-0.1, -0.05) is 95.0 Å². The Bertz CT molecular complexity index is 495. The zero-order valence-electron chi connectivity index (χ0n) is 16.8. The van der Waals surface area contributed by atoms with Gasteiger partial charge in [0, 0.05) is 0 Å². The molecule has 0 N–H and O–H groups in total. The molecule has 1 heteroatoms. The zero-order valence-corrected chi connectivity index (χ0v) is 16.8. The van der Waals surface area contributed by atoms with E-state index in [1.807, 2.05) is 0 Å². The average molecular weight is 343 g/mol. The topological polar surface area (TPSA) is 17.1 Å². The van der Waals surface area contributed by atoms with Crippen LogP contribution in [0.2, 0.25) is 0 Å². The van der Waals surface area contributed by atoms with Crippen LogP contribution < -0.4 is 0 Å². The maximum absolute atomic E-state index is 11.8. The lowest BCUT2D eigenvalue weighted by molar-refractivity contribution is -0.105. The Morgan fingerprint density at radius 1 is 0.760 bits per heavy atom. The summed E-state index contributed by atoms with van der Waals surface area (Å²) >= 11 is 0. The Labute approximate surface area is 155 Å². The molecule has 1 rings (SSSR count). The number of carbonyl (C=O) groups excluding carboxylic acids is 1. The summed E-state index contributed by atoms with van der Waals surface area (Å²) in [6.45, 7) is 6.61. The second kappa shape index (κ2) is 13.9. The van der Waals surface area contributed by atoms with Gasteiger partial charge in [0.15, 0.2) is 0 Å². The molecular weight excluding hydrogens is 304 g/mol. The van der Waals surface area contributed by atoms with Crippen molar-refractivity contribution in [1.29, 1.82) is 0 Å². The third-order valence-electron chi connectivity index (χ3n) is 5.01. The van der Waals surface area contributed by atoms with Crippen molar-refractivity contribution in [2.45, 2.75) is 97.8 Å². The van der Waals surface area contributed by atoms with Gasteiger partial charge in [0.25, 0.3) is 0 Å². The van der Waals surface area contributed by atoms with Crippen molar-refractivity contribution in [2.75, 3.05) is 0 Å². The molecule has 0 aliphatic rings. The Hall–Kier alpha value is -1.37. The number of aldehydes is 1. The minimum absolute atomic E-state index is 0.936. The summed E-state index contributed by atoms with van der Waals surface area (Å²) in [6, 6.07) is 8.71. The van der Waals surface area contributed by atoms with E-state index in [1.165, 1.54) is 74.5 Å². The first-order valence-corrected chi connectivity index (χ1v) is 10.5. The van der Waals surface area contributed by atoms with Gasteiger partial charge in [-0.2, -0.15) is 0 Å². The van der Waals surface area contributed by atoms with Crippen LogP contribution in [0.4, 0.5) is 0 Å². The number of allylic oxidation sites excluding steroid dienone is 2. The van der Waals surface area contributed by atoms with Gasteiger partial charge in [0.1, 0.15) is 6.29 Å². The molecule has 0 aliphatic carbocycles. The molecule has 1 nitrogen and oxygen atoms in total. The number of unbranched alkanes of at least 4 members (excludes halogenated alkanes) is 8. The van der Waals surface area contributed by atoms with Crippen molar-refractivity contribution in [1.82, 2.24) is 0 Å². The van der Waals surface area contributed by atoms with E-state index in [0.717, 1.165) is 31.1 Å². The smallest absolute Gasteiger partial charge is 0.146 e. The molecule has 0 bridgehead atoms. The van der Waals surface area contributed by atoms with Gasteiger partial charge in [-0.25, -0.2) is 0 Å². The minimum Gasteiger partial charge on any atom is -0.298 e. The molecule has 0 spiro atoms. The first-order chi connectivity index (χ1) is 12.2. The normalized spacial score (nSPS) is 12.1. The lowest BCUT2D eigenvalue weighted by Gasteiger charge is -2.13. The Balaban J connectivity index is 2.77. The molecular formula is C24H38O. The molecule has 25 heavy (non-hydrogen) atoms. The predicted octanol–water partition coefficient (Wildman–Crippen LogP) is 7.67. The molecule has 0 radical (unpaired) electrons. The average Bonchev–Trinajstić information content (AvgIpc) is 2.63. The van der Waals surface area contributed by atoms with Gasteiger partial charge in [-0.05, 0) is 49.3 Å². The molecule has 0 fully saturated rings. The second-order valence-electron chi connectivity index (χ2n) is 7.32. The van der Waals surface area contributed by atoms with Crippen LogP contribution in [0.1, 0.15) is 102 Å². The minimum atomic E-state index is 0.936. The highest BCUT2D eigenvalue weighted by Crippen LogP contribution is 2.27. The number of carbonyl (C=O) groups is 1. The molecule has 140 valence electrons. The van der Waals surface area contributed by atoms with Gasteiger partial charge < -0.3 is 0 Å². The fourth-order valence-corrected chi connectivity index (χ4v) is 3.35. The summed E-state index contributed by atoms with van der Waals surface area (Å²) in [4.78, 5) is 11.8. The van der Waals surface area contributed by atoms with E-state index in [1.54, 1.807) is 0 Å². The van der Waals surface area contributed by atoms with Gasteiger partial charge in [0.05, 0.1) is 0 Å². The van der Waals surface area contributed by atoms with E-state index >= 15 is 0 Å². The molecule has 0 saturated heterocycles. The quantitative estimate of drug-likeness (QED) is 0.192. The summed E-state index contributed by atoms with van der Waals surface area (Å²) in [5.74, 6) is 0. The highest BCUT2D eigenvalue weighted by Gasteiger charge is 2.09. The Morgan fingerprint density at radius 3 is 1.80 bits per heavy atom. The molecule has 0 unspecified atom stereocenters. The molecule has 0 heterocycles. The van der Waals surface area contributed by atoms with E-state index in [9.17, 15) is 4.79 Å². The zero-order chi connectivity index (χ0) is 18.3. The van der Waals surface area contributed by atoms with Crippen LogP contribution in [0.15, 0.2) is 29.8 Å². The first-order valence-electron chi connectivity index (χ1n) is 10.5. The first kappa shape index (κ1) is 21.7.